The Hall–Kier alpha value is -1.53. The van der Waals surface area contributed by atoms with E-state index in [0.717, 1.165) is 40.3 Å². The van der Waals surface area contributed by atoms with Gasteiger partial charge in [-0.25, -0.2) is 0 Å². The molecule has 3 rings (SSSR count). The fourth-order valence-electron chi connectivity index (χ4n) is 2.18. The third-order valence-corrected chi connectivity index (χ3v) is 3.80. The quantitative estimate of drug-likeness (QED) is 0.929. The van der Waals surface area contributed by atoms with Crippen LogP contribution in [0.1, 0.15) is 11.3 Å². The summed E-state index contributed by atoms with van der Waals surface area (Å²) in [4.78, 5) is 0. The number of aromatic nitrogens is 2. The molecule has 0 atom stereocenters. The van der Waals surface area contributed by atoms with Gasteiger partial charge >= 0.3 is 0 Å². The van der Waals surface area contributed by atoms with Crippen molar-refractivity contribution >= 4 is 15.9 Å². The number of aryl methyl sites for hydroxylation is 1. The zero-order valence-electron chi connectivity index (χ0n) is 11.2. The lowest BCUT2D eigenvalue weighted by Gasteiger charge is -2.20. The number of hydrogen-bond donors (Lipinski definition) is 1. The molecule has 0 amide bonds. The molecule has 1 N–H and O–H groups in total. The van der Waals surface area contributed by atoms with Gasteiger partial charge in [-0.2, -0.15) is 5.10 Å². The maximum absolute atomic E-state index is 5.62. The molecule has 0 spiro atoms. The minimum absolute atomic E-state index is 0.601. The van der Waals surface area contributed by atoms with Crippen LogP contribution in [-0.2, 0) is 20.1 Å². The van der Waals surface area contributed by atoms with Crippen molar-refractivity contribution in [3.63, 3.8) is 0 Å². The number of fused-ring (bicyclic) bond motifs is 1. The highest BCUT2D eigenvalue weighted by molar-refractivity contribution is 9.10. The molecule has 0 saturated heterocycles. The summed E-state index contributed by atoms with van der Waals surface area (Å²) in [5.74, 6) is 1.61. The van der Waals surface area contributed by atoms with Gasteiger partial charge in [0.2, 0.25) is 0 Å². The van der Waals surface area contributed by atoms with E-state index in [2.05, 4.69) is 32.4 Å². The Morgan fingerprint density at radius 1 is 1.30 bits per heavy atom. The van der Waals surface area contributed by atoms with Crippen LogP contribution in [-0.4, -0.2) is 23.0 Å². The lowest BCUT2D eigenvalue weighted by atomic mass is 10.2. The maximum Gasteiger partial charge on any atom is 0.175 e. The highest BCUT2D eigenvalue weighted by atomic mass is 79.9. The molecular weight excluding hydrogens is 322 g/mol. The van der Waals surface area contributed by atoms with Crippen molar-refractivity contribution < 1.29 is 9.47 Å². The SMILES string of the molecule is Cn1nccc1CNCc1cc(Br)c2c(c1)OCCO2. The summed E-state index contributed by atoms with van der Waals surface area (Å²) in [5.41, 5.74) is 2.31. The van der Waals surface area contributed by atoms with Crippen molar-refractivity contribution in [2.24, 2.45) is 7.05 Å². The Kier molecular flexibility index (Phi) is 3.93. The zero-order chi connectivity index (χ0) is 13.9. The van der Waals surface area contributed by atoms with Gasteiger partial charge in [0.05, 0.1) is 10.2 Å². The van der Waals surface area contributed by atoms with E-state index < -0.39 is 0 Å². The molecule has 20 heavy (non-hydrogen) atoms. The first-order chi connectivity index (χ1) is 9.74. The second-order valence-corrected chi connectivity index (χ2v) is 5.51. The van der Waals surface area contributed by atoms with Gasteiger partial charge in [-0.1, -0.05) is 0 Å². The molecule has 1 aromatic heterocycles. The van der Waals surface area contributed by atoms with Crippen molar-refractivity contribution in [2.75, 3.05) is 13.2 Å². The first-order valence-electron chi connectivity index (χ1n) is 6.49. The number of ether oxygens (including phenoxy) is 2. The van der Waals surface area contributed by atoms with Crippen molar-refractivity contribution in [1.29, 1.82) is 0 Å². The number of halogens is 1. The number of nitrogens with one attached hydrogen (secondary N) is 1. The van der Waals surface area contributed by atoms with E-state index in [0.29, 0.717) is 13.2 Å². The summed E-state index contributed by atoms with van der Waals surface area (Å²) in [6.07, 6.45) is 1.80. The Morgan fingerprint density at radius 3 is 2.95 bits per heavy atom. The summed E-state index contributed by atoms with van der Waals surface area (Å²) in [5, 5.41) is 7.55. The summed E-state index contributed by atoms with van der Waals surface area (Å²) >= 11 is 3.53. The molecule has 1 aliphatic rings. The molecular formula is C14H16BrN3O2. The van der Waals surface area contributed by atoms with Gasteiger partial charge in [-0.05, 0) is 39.7 Å². The second-order valence-electron chi connectivity index (χ2n) is 4.65. The van der Waals surface area contributed by atoms with Gasteiger partial charge in [0.1, 0.15) is 13.2 Å². The topological polar surface area (TPSA) is 48.3 Å². The van der Waals surface area contributed by atoms with E-state index in [4.69, 9.17) is 9.47 Å². The van der Waals surface area contributed by atoms with Crippen LogP contribution in [0.25, 0.3) is 0 Å². The molecule has 0 unspecified atom stereocenters. The van der Waals surface area contributed by atoms with Crippen molar-refractivity contribution in [1.82, 2.24) is 15.1 Å². The van der Waals surface area contributed by atoms with Crippen LogP contribution in [0.2, 0.25) is 0 Å². The first kappa shape index (κ1) is 13.5. The molecule has 106 valence electrons. The van der Waals surface area contributed by atoms with E-state index in [1.807, 2.05) is 23.9 Å². The van der Waals surface area contributed by atoms with E-state index in [-0.39, 0.29) is 0 Å². The van der Waals surface area contributed by atoms with Crippen LogP contribution in [0.3, 0.4) is 0 Å². The van der Waals surface area contributed by atoms with E-state index in [9.17, 15) is 0 Å². The van der Waals surface area contributed by atoms with Crippen molar-refractivity contribution in [2.45, 2.75) is 13.1 Å². The summed E-state index contributed by atoms with van der Waals surface area (Å²) in [6, 6.07) is 6.09. The minimum atomic E-state index is 0.601. The summed E-state index contributed by atoms with van der Waals surface area (Å²) in [7, 11) is 1.94. The average molecular weight is 338 g/mol. The summed E-state index contributed by atoms with van der Waals surface area (Å²) in [6.45, 7) is 2.75. The smallest absolute Gasteiger partial charge is 0.175 e. The fourth-order valence-corrected chi connectivity index (χ4v) is 2.78. The lowest BCUT2D eigenvalue weighted by Crippen LogP contribution is -2.18. The average Bonchev–Trinajstić information content (AvgIpc) is 2.85. The monoisotopic (exact) mass is 337 g/mol. The summed E-state index contributed by atoms with van der Waals surface area (Å²) < 4.78 is 14.0. The highest BCUT2D eigenvalue weighted by Gasteiger charge is 2.16. The molecule has 0 saturated carbocycles. The normalized spacial score (nSPS) is 13.5. The van der Waals surface area contributed by atoms with E-state index in [1.54, 1.807) is 6.20 Å². The fraction of sp³-hybridized carbons (Fsp3) is 0.357. The Labute approximate surface area is 126 Å². The van der Waals surface area contributed by atoms with Crippen LogP contribution < -0.4 is 14.8 Å². The van der Waals surface area contributed by atoms with E-state index >= 15 is 0 Å². The number of rotatable bonds is 4. The third kappa shape index (κ3) is 2.81. The zero-order valence-corrected chi connectivity index (χ0v) is 12.8. The Bertz CT molecular complexity index is 612. The van der Waals surface area contributed by atoms with Crippen LogP contribution in [0.15, 0.2) is 28.9 Å². The van der Waals surface area contributed by atoms with Crippen LogP contribution in [0.5, 0.6) is 11.5 Å². The number of hydrogen-bond acceptors (Lipinski definition) is 4. The molecule has 0 aliphatic carbocycles. The third-order valence-electron chi connectivity index (χ3n) is 3.21. The van der Waals surface area contributed by atoms with Crippen LogP contribution in [0, 0.1) is 0 Å². The molecule has 5 nitrogen and oxygen atoms in total. The first-order valence-corrected chi connectivity index (χ1v) is 7.29. The molecule has 2 aromatic rings. The molecule has 2 heterocycles. The van der Waals surface area contributed by atoms with Crippen molar-refractivity contribution in [3.05, 3.63) is 40.1 Å². The Morgan fingerprint density at radius 2 is 2.15 bits per heavy atom. The van der Waals surface area contributed by atoms with Gasteiger partial charge in [0, 0.05) is 26.3 Å². The standard InChI is InChI=1S/C14H16BrN3O2/c1-18-11(2-3-17-18)9-16-8-10-6-12(15)14-13(7-10)19-4-5-20-14/h2-3,6-7,16H,4-5,8-9H2,1H3. The maximum atomic E-state index is 5.62. The van der Waals surface area contributed by atoms with Crippen LogP contribution in [0.4, 0.5) is 0 Å². The van der Waals surface area contributed by atoms with Gasteiger partial charge < -0.3 is 14.8 Å². The molecule has 0 bridgehead atoms. The second kappa shape index (κ2) is 5.85. The van der Waals surface area contributed by atoms with Gasteiger partial charge in [-0.3, -0.25) is 4.68 Å². The largest absolute Gasteiger partial charge is 0.486 e. The van der Waals surface area contributed by atoms with Gasteiger partial charge in [0.25, 0.3) is 0 Å². The molecule has 1 aliphatic heterocycles. The molecule has 6 heteroatoms. The molecule has 0 radical (unpaired) electrons. The minimum Gasteiger partial charge on any atom is -0.486 e. The van der Waals surface area contributed by atoms with Crippen LogP contribution >= 0.6 is 15.9 Å². The van der Waals surface area contributed by atoms with Gasteiger partial charge in [0.15, 0.2) is 11.5 Å². The number of benzene rings is 1. The molecule has 1 aromatic carbocycles. The lowest BCUT2D eigenvalue weighted by molar-refractivity contribution is 0.170. The highest BCUT2D eigenvalue weighted by Crippen LogP contribution is 2.38. The van der Waals surface area contributed by atoms with Gasteiger partial charge in [-0.15, -0.1) is 0 Å². The molecule has 0 fully saturated rings. The number of nitrogens with zero attached hydrogens (tertiary/aromatic N) is 2. The van der Waals surface area contributed by atoms with E-state index in [1.165, 1.54) is 0 Å². The predicted molar refractivity (Wildman–Crippen MR) is 78.9 cm³/mol. The predicted octanol–water partition coefficient (Wildman–Crippen LogP) is 2.24. The van der Waals surface area contributed by atoms with Crippen molar-refractivity contribution in [3.8, 4) is 11.5 Å². The Balaban J connectivity index is 1.66.